The van der Waals surface area contributed by atoms with Gasteiger partial charge in [0.2, 0.25) is 35.4 Å². The highest BCUT2D eigenvalue weighted by molar-refractivity contribution is 7.13. The second kappa shape index (κ2) is 54.0. The van der Waals surface area contributed by atoms with E-state index in [-0.39, 0.29) is 152 Å². The van der Waals surface area contributed by atoms with Crippen LogP contribution in [-0.2, 0) is 96.3 Å². The van der Waals surface area contributed by atoms with E-state index in [1.807, 2.05) is 94.7 Å². The van der Waals surface area contributed by atoms with Crippen molar-refractivity contribution >= 4 is 93.1 Å². The number of amides is 6. The van der Waals surface area contributed by atoms with E-state index in [1.165, 1.54) is 44.7 Å². The third-order valence-corrected chi connectivity index (χ3v) is 27.9. The lowest BCUT2D eigenvalue weighted by atomic mass is 9.77. The van der Waals surface area contributed by atoms with Gasteiger partial charge < -0.3 is 91.9 Å². The number of Topliss-reactive ketones (excluding diaryl/α,β-unsaturated/α-hetero) is 3. The molecule has 13 N–H and O–H groups in total. The zero-order chi connectivity index (χ0) is 102. The summed E-state index contributed by atoms with van der Waals surface area (Å²) in [6, 6.07) is 33.6. The quantitative estimate of drug-likeness (QED) is 0.0161. The number of benzene rings is 4. The number of β-amino-alcohol motifs (C(OH)–C–C–N with tert-alkyl or cyclic N) is 4. The maximum absolute atomic E-state index is 14.0. The van der Waals surface area contributed by atoms with Crippen molar-refractivity contribution in [3.63, 3.8) is 0 Å². The van der Waals surface area contributed by atoms with E-state index in [0.717, 1.165) is 115 Å². The van der Waals surface area contributed by atoms with Gasteiger partial charge in [0.15, 0.2) is 17.3 Å². The number of hydrogen-bond donors (Lipinski definition) is 12. The first-order valence-corrected chi connectivity index (χ1v) is 50.8. The van der Waals surface area contributed by atoms with Crippen LogP contribution in [0.4, 0.5) is 11.6 Å². The molecule has 6 aliphatic heterocycles. The fourth-order valence-corrected chi connectivity index (χ4v) is 19.7. The van der Waals surface area contributed by atoms with Gasteiger partial charge >= 0.3 is 5.97 Å². The number of rotatable bonds is 48. The maximum atomic E-state index is 14.0. The molecule has 6 aliphatic rings. The number of anilines is 2. The Bertz CT molecular complexity index is 5540. The molecule has 0 saturated carbocycles. The topological polar surface area (TPSA) is 504 Å². The van der Waals surface area contributed by atoms with Gasteiger partial charge in [0.25, 0.3) is 0 Å². The molecule has 38 nitrogen and oxygen atoms in total. The molecule has 0 radical (unpaired) electrons. The average Bonchev–Trinajstić information content (AvgIpc) is 1.65. The Morgan fingerprint density at radius 2 is 0.937 bits per heavy atom. The Morgan fingerprint density at radius 1 is 0.503 bits per heavy atom. The second-order valence-corrected chi connectivity index (χ2v) is 41.2. The lowest BCUT2D eigenvalue weighted by Crippen LogP contribution is -2.58. The molecule has 0 unspecified atom stereocenters. The molecule has 4 saturated heterocycles. The van der Waals surface area contributed by atoms with Gasteiger partial charge in [0.05, 0.1) is 95.1 Å². The largest absolute Gasteiger partial charge is 0.480 e. The number of carbonyl (C=O) groups is 10. The molecular weight excluding hydrogens is 1870 g/mol. The van der Waals surface area contributed by atoms with Crippen molar-refractivity contribution in [2.75, 3.05) is 155 Å². The molecule has 8 aromatic rings. The van der Waals surface area contributed by atoms with Gasteiger partial charge in [0.1, 0.15) is 80.2 Å². The lowest BCUT2D eigenvalue weighted by molar-refractivity contribution is -0.147. The van der Waals surface area contributed by atoms with Crippen LogP contribution in [0.3, 0.4) is 0 Å². The highest BCUT2D eigenvalue weighted by Gasteiger charge is 2.47. The number of nitrogens with two attached hydrogens (primary N) is 1. The van der Waals surface area contributed by atoms with E-state index < -0.39 is 83.7 Å². The first-order valence-electron chi connectivity index (χ1n) is 49.0. The molecule has 0 spiro atoms. The number of likely N-dealkylation sites (tertiary alicyclic amines) is 4. The first-order chi connectivity index (χ1) is 68.6. The molecule has 14 rings (SSSR count). The van der Waals surface area contributed by atoms with Crippen LogP contribution in [0, 0.1) is 30.6 Å². The summed E-state index contributed by atoms with van der Waals surface area (Å²) < 4.78 is 21.1. The molecule has 4 aromatic carbocycles. The molecule has 10 heterocycles. The van der Waals surface area contributed by atoms with Crippen LogP contribution >= 0.6 is 22.7 Å². The van der Waals surface area contributed by atoms with E-state index in [1.54, 1.807) is 61.1 Å². The number of aryl methyl sites for hydroxylation is 2. The minimum Gasteiger partial charge on any atom is -0.480 e. The van der Waals surface area contributed by atoms with E-state index in [9.17, 15) is 68.4 Å². The number of aromatic nitrogens is 6. The van der Waals surface area contributed by atoms with Gasteiger partial charge in [-0.2, -0.15) is 0 Å². The van der Waals surface area contributed by atoms with Crippen molar-refractivity contribution in [1.29, 1.82) is 0 Å². The number of carbonyl (C=O) groups excluding carboxylic acids is 9. The Morgan fingerprint density at radius 3 is 1.37 bits per heavy atom. The molecule has 40 heteroatoms. The summed E-state index contributed by atoms with van der Waals surface area (Å²) in [6.45, 7) is 24.8. The van der Waals surface area contributed by atoms with E-state index in [4.69, 9.17) is 29.8 Å². The molecule has 0 aliphatic carbocycles. The van der Waals surface area contributed by atoms with Crippen LogP contribution < -0.4 is 37.6 Å². The van der Waals surface area contributed by atoms with Gasteiger partial charge in [-0.25, -0.2) is 34.7 Å². The second-order valence-electron chi connectivity index (χ2n) is 39.4. The summed E-state index contributed by atoms with van der Waals surface area (Å²) >= 11 is 3.13. The summed E-state index contributed by atoms with van der Waals surface area (Å²) in [5.74, 6) is -3.52. The Kier molecular flexibility index (Phi) is 41.7. The van der Waals surface area contributed by atoms with Crippen LogP contribution in [0.2, 0.25) is 0 Å². The van der Waals surface area contributed by atoms with Crippen LogP contribution in [0.15, 0.2) is 133 Å². The zero-order valence-corrected chi connectivity index (χ0v) is 84.6. The smallest absolute Gasteiger partial charge is 0.329 e. The fourth-order valence-electron chi connectivity index (χ4n) is 18.0. The summed E-state index contributed by atoms with van der Waals surface area (Å²) in [5.41, 5.74) is 19.7. The van der Waals surface area contributed by atoms with Crippen molar-refractivity contribution in [2.45, 2.75) is 194 Å². The molecule has 8 atom stereocenters. The number of fused-ring (bicyclic) bond motifs is 2. The standard InChI is InChI=1S/C52H69N9O9S.C28H38N4O8S.C23H32N6O2/c1-34-49(71-33-57-34)37-11-9-35(10-12-37)24-54-50(67)45-22-41(63)29-61(45)51(68)43(52(2,3)4)21-42(64)30-69-19-20-70-31-48(66)53-16-18-60-26-39(27-60)58-47-23-44(55-32-56-47)46(65)14-13-40(62)28-59-17-15-36-7-5-6-8-38(36)25-59;1-17-24(41-16-30-17)19-7-5-18(6-8-19)12-29-26(37)21-11-20(33)13-32(21)27(38)25(28(2,3)4)31-22(34)14-39-9-10-40-15-23(35)36;24-8-10-29-13-19(14-29)27-23-11-21(25-16-26-23)22(31)6-5-20(30)15-28-9-7-17-3-1-2-4-18(17)12-28/h5-12,23,32-33,39-41,43,45,62-63H,13-22,24-31H2,1-4H3,(H,53,66)(H,54,67)(H,55,56,58);5-8,16,20-21,25,33H,9-15H2,1-4H3,(H,29,37)(H,31,34)(H,35,36);1-4,11,16,19-20,30H,5-10,12-15,24H2,(H,25,26,27)/t40-,41+,43+,45-;20-,21+,25-;20-/m010/s1. The van der Waals surface area contributed by atoms with Crippen molar-refractivity contribution in [3.05, 3.63) is 189 Å². The molecule has 4 fully saturated rings. The van der Waals surface area contributed by atoms with Crippen molar-refractivity contribution in [1.82, 2.24) is 80.6 Å². The molecule has 772 valence electrons. The van der Waals surface area contributed by atoms with Crippen LogP contribution in [0.5, 0.6) is 0 Å². The number of aliphatic hydroxyl groups is 4. The summed E-state index contributed by atoms with van der Waals surface area (Å²) in [4.78, 5) is 168. The van der Waals surface area contributed by atoms with Crippen molar-refractivity contribution in [3.8, 4) is 20.9 Å². The monoisotopic (exact) mass is 2010 g/mol. The highest BCUT2D eigenvalue weighted by Crippen LogP contribution is 2.36. The van der Waals surface area contributed by atoms with Gasteiger partial charge in [-0.3, -0.25) is 62.8 Å². The van der Waals surface area contributed by atoms with Crippen LogP contribution in [0.25, 0.3) is 20.9 Å². The maximum Gasteiger partial charge on any atom is 0.329 e. The number of ether oxygens (including phenoxy) is 4. The van der Waals surface area contributed by atoms with E-state index >= 15 is 0 Å². The Balaban J connectivity index is 0.000000213. The summed E-state index contributed by atoms with van der Waals surface area (Å²) in [6.07, 6.45) is 3.24. The van der Waals surface area contributed by atoms with Crippen LogP contribution in [0.1, 0.15) is 152 Å². The van der Waals surface area contributed by atoms with Crippen LogP contribution in [-0.4, -0.2) is 343 Å². The number of ketones is 3. The number of aliphatic hydroxyl groups excluding tert-OH is 4. The van der Waals surface area contributed by atoms with E-state index in [2.05, 4.69) is 124 Å². The number of aliphatic carboxylic acids is 1. The Hall–Kier alpha value is -11.3. The number of hydrogen-bond acceptors (Lipinski definition) is 33. The third kappa shape index (κ3) is 34.2. The third-order valence-electron chi connectivity index (χ3n) is 26.0. The van der Waals surface area contributed by atoms with Crippen molar-refractivity contribution in [2.24, 2.45) is 22.5 Å². The van der Waals surface area contributed by atoms with Gasteiger partial charge in [-0.05, 0) is 94.9 Å². The molecule has 143 heavy (non-hydrogen) atoms. The number of nitrogens with one attached hydrogen (secondary N) is 6. The number of nitrogens with zero attached hydrogens (tertiary/aromatic N) is 12. The first kappa shape index (κ1) is 110. The predicted molar refractivity (Wildman–Crippen MR) is 539 cm³/mol. The predicted octanol–water partition coefficient (Wildman–Crippen LogP) is 5.69. The minimum absolute atomic E-state index is 0.000253. The Labute approximate surface area is 842 Å². The SMILES string of the molecule is Cc1ncsc1-c1ccc(CNC(=O)[C@@H]2C[C@@H](O)CN2C(=O)[C@@H](CC(=O)COCCOCC(=O)NCCN2CC(Nc3cc(C(=O)CC[C@H](O)CN4CCc5ccccc5C4)ncn3)C2)C(C)(C)C)cc1.Cc1ncsc1-c1ccc(CNC(=O)[C@@H]2C[C@@H](O)CN2C(=O)[C@@H](NC(=O)COCCOCC(=O)O)C(C)(C)C)cc1.NCCN1CC(Nc2cc(C(=O)CC[C@H](O)CN3CCc4ccccc4C3)ncn2)C1. The van der Waals surface area contributed by atoms with Gasteiger partial charge in [-0.15, -0.1) is 22.7 Å². The van der Waals surface area contributed by atoms with Gasteiger partial charge in [-0.1, -0.05) is 139 Å². The lowest BCUT2D eigenvalue weighted by Gasteiger charge is -2.39. The summed E-state index contributed by atoms with van der Waals surface area (Å²) in [5, 5.41) is 68.7. The number of thiazole rings is 2. The molecule has 0 bridgehead atoms. The van der Waals surface area contributed by atoms with Crippen molar-refractivity contribution < 1.29 is 92.4 Å². The fraction of sp³-hybridized carbons (Fsp3) is 0.534. The normalized spacial score (nSPS) is 18.1. The summed E-state index contributed by atoms with van der Waals surface area (Å²) in [7, 11) is 0. The van der Waals surface area contributed by atoms with Gasteiger partial charge in [0, 0.05) is 168 Å². The average molecular weight is 2010 g/mol. The molecule has 4 aromatic heterocycles. The zero-order valence-electron chi connectivity index (χ0n) is 82.9. The molecule has 6 amide bonds. The number of carboxylic acid groups (broad SMARTS) is 1. The number of carboxylic acids is 1. The highest BCUT2D eigenvalue weighted by atomic mass is 32.1. The minimum atomic E-state index is -1.11. The molecular formula is C103H139N19O19S2. The van der Waals surface area contributed by atoms with E-state index in [0.29, 0.717) is 74.6 Å².